The van der Waals surface area contributed by atoms with Gasteiger partial charge in [0, 0.05) is 5.57 Å². The lowest BCUT2D eigenvalue weighted by molar-refractivity contribution is -0.139. The van der Waals surface area contributed by atoms with Gasteiger partial charge in [-0.3, -0.25) is 0 Å². The summed E-state index contributed by atoms with van der Waals surface area (Å²) in [6.07, 6.45) is 0. The maximum Gasteiger partial charge on any atom is 0.333 e. The largest absolute Gasteiger partial charge is 0.490 e. The molecule has 0 aliphatic rings. The Kier molecular flexibility index (Phi) is 6.81. The van der Waals surface area contributed by atoms with E-state index in [1.54, 1.807) is 43.3 Å². The van der Waals surface area contributed by atoms with Gasteiger partial charge in [0.1, 0.15) is 30.7 Å². The molecule has 27 heavy (non-hydrogen) atoms. The number of benzene rings is 2. The van der Waals surface area contributed by atoms with E-state index >= 15 is 0 Å². The average molecular weight is 360 g/mol. The number of hydrogen-bond donors (Lipinski definition) is 0. The number of rotatable bonds is 7. The van der Waals surface area contributed by atoms with Gasteiger partial charge in [-0.15, -0.1) is 5.11 Å². The Hall–Kier alpha value is -3.97. The van der Waals surface area contributed by atoms with Crippen molar-refractivity contribution >= 4 is 17.3 Å². The second-order valence-electron chi connectivity index (χ2n) is 5.41. The minimum Gasteiger partial charge on any atom is -0.490 e. The molecular weight excluding hydrogens is 344 g/mol. The van der Waals surface area contributed by atoms with Crippen molar-refractivity contribution in [2.45, 2.75) is 6.92 Å². The van der Waals surface area contributed by atoms with E-state index in [4.69, 9.17) is 20.0 Å². The number of hydrogen-bond acceptors (Lipinski definition) is 7. The van der Waals surface area contributed by atoms with E-state index in [0.717, 1.165) is 0 Å². The predicted octanol–water partition coefficient (Wildman–Crippen LogP) is 4.34. The van der Waals surface area contributed by atoms with Crippen LogP contribution < -0.4 is 4.74 Å². The number of carbonyl (C=O) groups is 1. The third-order valence-corrected chi connectivity index (χ3v) is 3.29. The van der Waals surface area contributed by atoms with Crippen LogP contribution in [0.25, 0.3) is 0 Å². The summed E-state index contributed by atoms with van der Waals surface area (Å²) in [5.74, 6) is 0.144. The van der Waals surface area contributed by atoms with Crippen LogP contribution in [-0.4, -0.2) is 19.2 Å². The molecule has 2 rings (SSSR count). The number of nitriles is 2. The minimum absolute atomic E-state index is 0.128. The number of nitrogens with zero attached hydrogens (tertiary/aromatic N) is 4. The van der Waals surface area contributed by atoms with Crippen molar-refractivity contribution in [1.82, 2.24) is 0 Å². The quantitative estimate of drug-likeness (QED) is 0.316. The zero-order valence-electron chi connectivity index (χ0n) is 14.7. The summed E-state index contributed by atoms with van der Waals surface area (Å²) in [6, 6.07) is 15.4. The molecule has 0 unspecified atom stereocenters. The second-order valence-corrected chi connectivity index (χ2v) is 5.41. The molecule has 0 atom stereocenters. The number of azo groups is 1. The molecule has 2 aromatic carbocycles. The van der Waals surface area contributed by atoms with Crippen molar-refractivity contribution < 1.29 is 14.3 Å². The molecule has 2 aromatic rings. The van der Waals surface area contributed by atoms with E-state index in [1.807, 2.05) is 12.1 Å². The molecule has 0 N–H and O–H groups in total. The van der Waals surface area contributed by atoms with Gasteiger partial charge in [-0.25, -0.2) is 4.79 Å². The standard InChI is InChI=1S/C20H16N4O3/c1-14(2)20(25)27-10-9-26-18-6-4-17(5-7-18)23-24-19-8-3-15(12-21)11-16(19)13-22/h3-8,11H,1,9-10H2,2H3. The molecule has 7 nitrogen and oxygen atoms in total. The zero-order chi connectivity index (χ0) is 19.6. The third-order valence-electron chi connectivity index (χ3n) is 3.29. The maximum atomic E-state index is 11.2. The molecule has 134 valence electrons. The Morgan fingerprint density at radius 1 is 1.07 bits per heavy atom. The Balaban J connectivity index is 1.93. The summed E-state index contributed by atoms with van der Waals surface area (Å²) in [5, 5.41) is 26.1. The molecule has 0 saturated carbocycles. The first-order valence-corrected chi connectivity index (χ1v) is 7.95. The van der Waals surface area contributed by atoms with Crippen molar-refractivity contribution in [2.24, 2.45) is 10.2 Å². The van der Waals surface area contributed by atoms with Crippen molar-refractivity contribution in [3.8, 4) is 17.9 Å². The molecule has 0 bridgehead atoms. The van der Waals surface area contributed by atoms with Crippen LogP contribution in [0.4, 0.5) is 11.4 Å². The summed E-state index contributed by atoms with van der Waals surface area (Å²) >= 11 is 0. The Bertz CT molecular complexity index is 951. The van der Waals surface area contributed by atoms with Crippen LogP contribution in [0.3, 0.4) is 0 Å². The van der Waals surface area contributed by atoms with Crippen LogP contribution in [0, 0.1) is 22.7 Å². The SMILES string of the molecule is C=C(C)C(=O)OCCOc1ccc(N=Nc2ccc(C#N)cc2C#N)cc1. The molecule has 0 fully saturated rings. The van der Waals surface area contributed by atoms with Crippen molar-refractivity contribution in [1.29, 1.82) is 10.5 Å². The fourth-order valence-electron chi connectivity index (χ4n) is 1.92. The molecule has 0 aromatic heterocycles. The van der Waals surface area contributed by atoms with Gasteiger partial charge in [0.25, 0.3) is 0 Å². The van der Waals surface area contributed by atoms with Gasteiger partial charge in [0.15, 0.2) is 0 Å². The van der Waals surface area contributed by atoms with Gasteiger partial charge in [-0.1, -0.05) is 6.58 Å². The molecule has 0 radical (unpaired) electrons. The highest BCUT2D eigenvalue weighted by atomic mass is 16.6. The van der Waals surface area contributed by atoms with E-state index in [0.29, 0.717) is 28.3 Å². The van der Waals surface area contributed by atoms with E-state index in [9.17, 15) is 4.79 Å². The topological polar surface area (TPSA) is 108 Å². The summed E-state index contributed by atoms with van der Waals surface area (Å²) in [5.41, 5.74) is 1.97. The van der Waals surface area contributed by atoms with E-state index in [1.165, 1.54) is 6.07 Å². The highest BCUT2D eigenvalue weighted by Crippen LogP contribution is 2.24. The van der Waals surface area contributed by atoms with Crippen LogP contribution in [-0.2, 0) is 9.53 Å². The Morgan fingerprint density at radius 2 is 1.81 bits per heavy atom. The van der Waals surface area contributed by atoms with Crippen LogP contribution in [0.15, 0.2) is 64.8 Å². The van der Waals surface area contributed by atoms with Gasteiger partial charge >= 0.3 is 5.97 Å². The van der Waals surface area contributed by atoms with Gasteiger partial charge in [-0.05, 0) is 49.4 Å². The molecule has 0 aliphatic carbocycles. The smallest absolute Gasteiger partial charge is 0.333 e. The molecule has 0 spiro atoms. The van der Waals surface area contributed by atoms with Crippen molar-refractivity contribution in [2.75, 3.05) is 13.2 Å². The fourth-order valence-corrected chi connectivity index (χ4v) is 1.92. The summed E-state index contributed by atoms with van der Waals surface area (Å²) in [6.45, 7) is 5.42. The van der Waals surface area contributed by atoms with Crippen LogP contribution in [0.1, 0.15) is 18.1 Å². The Morgan fingerprint density at radius 3 is 2.44 bits per heavy atom. The van der Waals surface area contributed by atoms with Crippen molar-refractivity contribution in [3.63, 3.8) is 0 Å². The molecular formula is C20H16N4O3. The van der Waals surface area contributed by atoms with Crippen molar-refractivity contribution in [3.05, 3.63) is 65.7 Å². The van der Waals surface area contributed by atoms with Crippen LogP contribution >= 0.6 is 0 Å². The average Bonchev–Trinajstić information content (AvgIpc) is 2.70. The molecule has 0 aliphatic heterocycles. The van der Waals surface area contributed by atoms with E-state index in [2.05, 4.69) is 16.8 Å². The van der Waals surface area contributed by atoms with Crippen LogP contribution in [0.5, 0.6) is 5.75 Å². The molecule has 7 heteroatoms. The first kappa shape index (κ1) is 19.4. The highest BCUT2D eigenvalue weighted by molar-refractivity contribution is 5.86. The predicted molar refractivity (Wildman–Crippen MR) is 97.8 cm³/mol. The summed E-state index contributed by atoms with van der Waals surface area (Å²) in [4.78, 5) is 11.2. The lowest BCUT2D eigenvalue weighted by Gasteiger charge is -2.07. The van der Waals surface area contributed by atoms with Crippen LogP contribution in [0.2, 0.25) is 0 Å². The maximum absolute atomic E-state index is 11.2. The number of ether oxygens (including phenoxy) is 2. The van der Waals surface area contributed by atoms with Gasteiger partial charge in [-0.2, -0.15) is 15.6 Å². The molecule has 0 heterocycles. The zero-order valence-corrected chi connectivity index (χ0v) is 14.7. The third kappa shape index (κ3) is 5.80. The van der Waals surface area contributed by atoms with Gasteiger partial charge < -0.3 is 9.47 Å². The number of esters is 1. The molecule has 0 saturated heterocycles. The lowest BCUT2D eigenvalue weighted by atomic mass is 10.1. The number of carbonyl (C=O) groups excluding carboxylic acids is 1. The Labute approximate surface area is 156 Å². The molecule has 0 amide bonds. The fraction of sp³-hybridized carbons (Fsp3) is 0.150. The summed E-state index contributed by atoms with van der Waals surface area (Å²) < 4.78 is 10.4. The first-order valence-electron chi connectivity index (χ1n) is 7.95. The van der Waals surface area contributed by atoms with E-state index in [-0.39, 0.29) is 18.8 Å². The monoisotopic (exact) mass is 360 g/mol. The summed E-state index contributed by atoms with van der Waals surface area (Å²) in [7, 11) is 0. The first-order chi connectivity index (χ1) is 13.0. The minimum atomic E-state index is -0.450. The van der Waals surface area contributed by atoms with E-state index < -0.39 is 5.97 Å². The van der Waals surface area contributed by atoms with Gasteiger partial charge in [0.05, 0.1) is 22.9 Å². The van der Waals surface area contributed by atoms with Gasteiger partial charge in [0.2, 0.25) is 0 Å². The highest BCUT2D eigenvalue weighted by Gasteiger charge is 2.04. The second kappa shape index (κ2) is 9.50. The lowest BCUT2D eigenvalue weighted by Crippen LogP contribution is -2.12. The normalized spacial score (nSPS) is 10.0.